The number of hydrogen-bond acceptors (Lipinski definition) is 4. The second-order valence-electron chi connectivity index (χ2n) is 2.47. The van der Waals surface area contributed by atoms with E-state index in [1.54, 1.807) is 19.1 Å². The molecule has 0 aliphatic rings. The van der Waals surface area contributed by atoms with E-state index in [4.69, 9.17) is 5.73 Å². The van der Waals surface area contributed by atoms with Crippen molar-refractivity contribution in [2.24, 2.45) is 10.7 Å². The number of carbonyl (C=O) groups is 1. The maximum atomic E-state index is 10.8. The van der Waals surface area contributed by atoms with Gasteiger partial charge in [-0.1, -0.05) is 6.92 Å². The Bertz CT molecular complexity index is 255. The third-order valence-corrected chi connectivity index (χ3v) is 1.36. The van der Waals surface area contributed by atoms with Crippen molar-refractivity contribution in [1.82, 2.24) is 0 Å². The van der Waals surface area contributed by atoms with Gasteiger partial charge in [-0.05, 0) is 25.5 Å². The van der Waals surface area contributed by atoms with E-state index < -0.39 is 5.97 Å². The molecule has 0 unspecified atom stereocenters. The minimum atomic E-state index is -0.440. The van der Waals surface area contributed by atoms with Gasteiger partial charge in [-0.25, -0.2) is 4.79 Å². The van der Waals surface area contributed by atoms with Crippen molar-refractivity contribution in [2.45, 2.75) is 20.3 Å². The van der Waals surface area contributed by atoms with E-state index in [2.05, 4.69) is 9.73 Å². The number of ether oxygens (including phenoxy) is 1. The topological polar surface area (TPSA) is 64.7 Å². The zero-order chi connectivity index (χ0) is 10.8. The van der Waals surface area contributed by atoms with Crippen LogP contribution in [0.5, 0.6) is 0 Å². The number of esters is 1. The van der Waals surface area contributed by atoms with Crippen LogP contribution in [0.4, 0.5) is 0 Å². The van der Waals surface area contributed by atoms with Gasteiger partial charge in [0.15, 0.2) is 0 Å². The summed E-state index contributed by atoms with van der Waals surface area (Å²) in [6, 6.07) is 0. The molecule has 0 aliphatic heterocycles. The summed E-state index contributed by atoms with van der Waals surface area (Å²) >= 11 is 0. The zero-order valence-corrected chi connectivity index (χ0v) is 8.56. The molecule has 0 aromatic heterocycles. The Morgan fingerprint density at radius 2 is 2.21 bits per heavy atom. The Morgan fingerprint density at radius 3 is 2.79 bits per heavy atom. The van der Waals surface area contributed by atoms with E-state index in [0.717, 1.165) is 18.3 Å². The minimum absolute atomic E-state index is 0.358. The van der Waals surface area contributed by atoms with Crippen LogP contribution >= 0.6 is 0 Å². The normalized spacial score (nSPS) is 12.6. The fraction of sp³-hybridized carbons (Fsp3) is 0.400. The van der Waals surface area contributed by atoms with Crippen LogP contribution in [0.2, 0.25) is 0 Å². The maximum Gasteiger partial charge on any atom is 0.349 e. The first-order chi connectivity index (χ1) is 6.70. The fourth-order valence-electron chi connectivity index (χ4n) is 0.618. The molecule has 0 fully saturated rings. The molecule has 0 aromatic carbocycles. The van der Waals surface area contributed by atoms with Crippen LogP contribution < -0.4 is 5.73 Å². The largest absolute Gasteiger partial charge is 0.462 e. The number of allylic oxidation sites excluding steroid dienone is 3. The molecule has 0 amide bonds. The summed E-state index contributed by atoms with van der Waals surface area (Å²) < 4.78 is 4.63. The van der Waals surface area contributed by atoms with Crippen LogP contribution in [0.25, 0.3) is 0 Å². The molecular formula is C10H16N2O2. The smallest absolute Gasteiger partial charge is 0.349 e. The lowest BCUT2D eigenvalue weighted by Gasteiger charge is -1.92. The summed E-state index contributed by atoms with van der Waals surface area (Å²) in [5, 5.41) is 0. The van der Waals surface area contributed by atoms with Gasteiger partial charge in [-0.3, -0.25) is 4.99 Å². The quantitative estimate of drug-likeness (QED) is 0.410. The number of aliphatic imine (C=N–C) groups is 1. The summed E-state index contributed by atoms with van der Waals surface area (Å²) in [5.41, 5.74) is 6.30. The molecule has 78 valence electrons. The Hall–Kier alpha value is -1.58. The van der Waals surface area contributed by atoms with E-state index >= 15 is 0 Å². The first kappa shape index (κ1) is 12.4. The molecule has 4 heteroatoms. The highest BCUT2D eigenvalue weighted by atomic mass is 16.5. The van der Waals surface area contributed by atoms with Crippen molar-refractivity contribution >= 4 is 12.2 Å². The van der Waals surface area contributed by atoms with Crippen LogP contribution in [0.3, 0.4) is 0 Å². The molecule has 0 rings (SSSR count). The number of nitrogens with two attached hydrogens (primary N) is 1. The van der Waals surface area contributed by atoms with Crippen LogP contribution in [-0.2, 0) is 9.53 Å². The van der Waals surface area contributed by atoms with E-state index in [-0.39, 0.29) is 0 Å². The van der Waals surface area contributed by atoms with Crippen LogP contribution in [0.1, 0.15) is 20.3 Å². The van der Waals surface area contributed by atoms with Gasteiger partial charge in [-0.15, -0.1) is 0 Å². The average molecular weight is 196 g/mol. The molecule has 0 saturated carbocycles. The van der Waals surface area contributed by atoms with Crippen molar-refractivity contribution in [3.05, 3.63) is 24.0 Å². The Morgan fingerprint density at radius 1 is 1.50 bits per heavy atom. The molecule has 4 nitrogen and oxygen atoms in total. The summed E-state index contributed by atoms with van der Waals surface area (Å²) in [6.45, 7) is 4.06. The Labute approximate surface area is 84.2 Å². The van der Waals surface area contributed by atoms with Gasteiger partial charge in [0.05, 0.1) is 6.61 Å². The Balaban J connectivity index is 3.87. The summed E-state index contributed by atoms with van der Waals surface area (Å²) in [6.07, 6.45) is 6.82. The molecule has 0 radical (unpaired) electrons. The lowest BCUT2D eigenvalue weighted by molar-refractivity contribution is -0.134. The molecule has 0 heterocycles. The molecular weight excluding hydrogens is 180 g/mol. The zero-order valence-electron chi connectivity index (χ0n) is 8.56. The first-order valence-electron chi connectivity index (χ1n) is 4.51. The Kier molecular flexibility index (Phi) is 7.13. The third-order valence-electron chi connectivity index (χ3n) is 1.36. The van der Waals surface area contributed by atoms with E-state index in [1.807, 2.05) is 6.92 Å². The van der Waals surface area contributed by atoms with Crippen molar-refractivity contribution in [3.8, 4) is 0 Å². The molecule has 0 aromatic rings. The van der Waals surface area contributed by atoms with Crippen LogP contribution in [0, 0.1) is 0 Å². The van der Waals surface area contributed by atoms with Crippen LogP contribution in [0.15, 0.2) is 29.0 Å². The van der Waals surface area contributed by atoms with Gasteiger partial charge in [0.2, 0.25) is 0 Å². The highest BCUT2D eigenvalue weighted by molar-refractivity contribution is 6.23. The molecule has 2 N–H and O–H groups in total. The predicted octanol–water partition coefficient (Wildman–Crippen LogP) is 1.39. The van der Waals surface area contributed by atoms with Crippen molar-refractivity contribution in [2.75, 3.05) is 6.61 Å². The number of hydrogen-bond donors (Lipinski definition) is 1. The highest BCUT2D eigenvalue weighted by Crippen LogP contribution is 1.90. The standard InChI is InChI=1S/C10H16N2O2/c1-3-9(11)6-5-7-12-8-10(13)14-4-2/h5-8H,3-4,11H2,1-2H3/b7-5-,9-6+,12-8+. The van der Waals surface area contributed by atoms with Crippen molar-refractivity contribution < 1.29 is 9.53 Å². The summed E-state index contributed by atoms with van der Waals surface area (Å²) in [4.78, 5) is 14.5. The number of carbonyl (C=O) groups excluding carboxylic acids is 1. The first-order valence-corrected chi connectivity index (χ1v) is 4.51. The van der Waals surface area contributed by atoms with Gasteiger partial charge >= 0.3 is 5.97 Å². The van der Waals surface area contributed by atoms with Crippen molar-refractivity contribution in [3.63, 3.8) is 0 Å². The van der Waals surface area contributed by atoms with E-state index in [1.165, 1.54) is 6.20 Å². The minimum Gasteiger partial charge on any atom is -0.462 e. The SMILES string of the molecule is CCOC(=O)/C=N/C=C\C=C(\N)CC. The van der Waals surface area contributed by atoms with Gasteiger partial charge < -0.3 is 10.5 Å². The van der Waals surface area contributed by atoms with Crippen LogP contribution in [-0.4, -0.2) is 18.8 Å². The van der Waals surface area contributed by atoms with Gasteiger partial charge in [0.1, 0.15) is 6.21 Å². The fourth-order valence-corrected chi connectivity index (χ4v) is 0.618. The van der Waals surface area contributed by atoms with Gasteiger partial charge in [0.25, 0.3) is 0 Å². The van der Waals surface area contributed by atoms with Gasteiger partial charge in [0, 0.05) is 11.9 Å². The highest BCUT2D eigenvalue weighted by Gasteiger charge is 1.91. The maximum absolute atomic E-state index is 10.8. The molecule has 0 saturated heterocycles. The number of nitrogens with zero attached hydrogens (tertiary/aromatic N) is 1. The second-order valence-corrected chi connectivity index (χ2v) is 2.47. The second kappa shape index (κ2) is 8.04. The van der Waals surface area contributed by atoms with E-state index in [0.29, 0.717) is 6.61 Å². The van der Waals surface area contributed by atoms with Gasteiger partial charge in [-0.2, -0.15) is 0 Å². The molecule has 0 aliphatic carbocycles. The molecule has 14 heavy (non-hydrogen) atoms. The predicted molar refractivity (Wildman–Crippen MR) is 56.8 cm³/mol. The summed E-state index contributed by atoms with van der Waals surface area (Å²) in [5.74, 6) is -0.440. The molecule has 0 bridgehead atoms. The van der Waals surface area contributed by atoms with Crippen molar-refractivity contribution in [1.29, 1.82) is 0 Å². The summed E-state index contributed by atoms with van der Waals surface area (Å²) in [7, 11) is 0. The van der Waals surface area contributed by atoms with E-state index in [9.17, 15) is 4.79 Å². The average Bonchev–Trinajstić information content (AvgIpc) is 2.17. The molecule has 0 spiro atoms. The molecule has 0 atom stereocenters. The monoisotopic (exact) mass is 196 g/mol. The lowest BCUT2D eigenvalue weighted by atomic mass is 10.3. The number of rotatable bonds is 5. The third kappa shape index (κ3) is 7.09. The lowest BCUT2D eigenvalue weighted by Crippen LogP contribution is -2.03.